The SMILES string of the molecule is Nc1ccccc1SCCS(=O)(=O)N(CCO)C1CC1. The fourth-order valence-electron chi connectivity index (χ4n) is 2.00. The number of nitrogens with two attached hydrogens (primary N) is 1. The lowest BCUT2D eigenvalue weighted by atomic mass is 10.3. The fourth-order valence-corrected chi connectivity index (χ4v) is 5.06. The van der Waals surface area contributed by atoms with Gasteiger partial charge in [-0.3, -0.25) is 0 Å². The highest BCUT2D eigenvalue weighted by Gasteiger charge is 2.36. The Morgan fingerprint density at radius 2 is 2.05 bits per heavy atom. The van der Waals surface area contributed by atoms with Gasteiger partial charge in [-0.2, -0.15) is 4.31 Å². The van der Waals surface area contributed by atoms with E-state index < -0.39 is 10.0 Å². The quantitative estimate of drug-likeness (QED) is 0.555. The third kappa shape index (κ3) is 4.12. The van der Waals surface area contributed by atoms with Crippen LogP contribution in [0.2, 0.25) is 0 Å². The molecule has 2 rings (SSSR count). The first kappa shape index (κ1) is 15.6. The molecule has 1 aliphatic rings. The van der Waals surface area contributed by atoms with Gasteiger partial charge in [-0.25, -0.2) is 8.42 Å². The summed E-state index contributed by atoms with van der Waals surface area (Å²) >= 11 is 1.45. The van der Waals surface area contributed by atoms with Gasteiger partial charge in [0.1, 0.15) is 0 Å². The Labute approximate surface area is 124 Å². The van der Waals surface area contributed by atoms with Crippen molar-refractivity contribution >= 4 is 27.5 Å². The monoisotopic (exact) mass is 316 g/mol. The molecule has 0 saturated heterocycles. The summed E-state index contributed by atoms with van der Waals surface area (Å²) in [5, 5.41) is 8.99. The highest BCUT2D eigenvalue weighted by Crippen LogP contribution is 2.30. The van der Waals surface area contributed by atoms with E-state index in [2.05, 4.69) is 0 Å². The van der Waals surface area contributed by atoms with Crippen LogP contribution in [-0.4, -0.2) is 48.5 Å². The average Bonchev–Trinajstić information content (AvgIpc) is 3.22. The van der Waals surface area contributed by atoms with Crippen LogP contribution in [-0.2, 0) is 10.0 Å². The Kier molecular flexibility index (Phi) is 5.31. The zero-order valence-electron chi connectivity index (χ0n) is 11.2. The van der Waals surface area contributed by atoms with E-state index in [-0.39, 0.29) is 24.9 Å². The maximum absolute atomic E-state index is 12.2. The first-order valence-corrected chi connectivity index (χ1v) is 9.22. The lowest BCUT2D eigenvalue weighted by molar-refractivity contribution is 0.250. The molecule has 5 nitrogen and oxygen atoms in total. The van der Waals surface area contributed by atoms with Crippen LogP contribution in [0.25, 0.3) is 0 Å². The maximum atomic E-state index is 12.2. The minimum Gasteiger partial charge on any atom is -0.398 e. The van der Waals surface area contributed by atoms with E-state index in [4.69, 9.17) is 10.8 Å². The predicted octanol–water partition coefficient (Wildman–Crippen LogP) is 1.15. The number of aliphatic hydroxyl groups excluding tert-OH is 1. The average molecular weight is 316 g/mol. The molecule has 0 amide bonds. The number of nitrogen functional groups attached to an aromatic ring is 1. The first-order chi connectivity index (χ1) is 9.54. The minimum atomic E-state index is -3.29. The van der Waals surface area contributed by atoms with E-state index >= 15 is 0 Å². The molecular formula is C13H20N2O3S2. The molecule has 0 aromatic heterocycles. The second-order valence-electron chi connectivity index (χ2n) is 4.77. The molecule has 0 unspecified atom stereocenters. The molecule has 0 radical (unpaired) electrons. The largest absolute Gasteiger partial charge is 0.398 e. The zero-order chi connectivity index (χ0) is 14.6. The highest BCUT2D eigenvalue weighted by molar-refractivity contribution is 8.00. The van der Waals surface area contributed by atoms with Crippen molar-refractivity contribution in [2.75, 3.05) is 30.4 Å². The molecule has 1 fully saturated rings. The van der Waals surface area contributed by atoms with Crippen molar-refractivity contribution < 1.29 is 13.5 Å². The molecule has 0 spiro atoms. The number of benzene rings is 1. The molecule has 0 aliphatic heterocycles. The van der Waals surface area contributed by atoms with Crippen molar-refractivity contribution in [1.29, 1.82) is 0 Å². The number of anilines is 1. The lowest BCUT2D eigenvalue weighted by Crippen LogP contribution is -2.37. The molecule has 20 heavy (non-hydrogen) atoms. The summed E-state index contributed by atoms with van der Waals surface area (Å²) in [6.07, 6.45) is 1.80. The summed E-state index contributed by atoms with van der Waals surface area (Å²) in [6, 6.07) is 7.53. The maximum Gasteiger partial charge on any atom is 0.215 e. The van der Waals surface area contributed by atoms with Crippen LogP contribution in [0.4, 0.5) is 5.69 Å². The van der Waals surface area contributed by atoms with Gasteiger partial charge in [0, 0.05) is 28.9 Å². The minimum absolute atomic E-state index is 0.0719. The highest BCUT2D eigenvalue weighted by atomic mass is 32.2. The Balaban J connectivity index is 1.90. The van der Waals surface area contributed by atoms with Crippen molar-refractivity contribution in [3.8, 4) is 0 Å². The van der Waals surface area contributed by atoms with Crippen LogP contribution < -0.4 is 5.73 Å². The standard InChI is InChI=1S/C13H20N2O3S2/c14-12-3-1-2-4-13(12)19-9-10-20(17,18)15(7-8-16)11-5-6-11/h1-4,11,16H,5-10,14H2. The van der Waals surface area contributed by atoms with E-state index in [9.17, 15) is 8.42 Å². The lowest BCUT2D eigenvalue weighted by Gasteiger charge is -2.20. The number of para-hydroxylation sites is 1. The van der Waals surface area contributed by atoms with Crippen LogP contribution in [0.15, 0.2) is 29.2 Å². The summed E-state index contributed by atoms with van der Waals surface area (Å²) in [6.45, 7) is 0.0691. The van der Waals surface area contributed by atoms with Crippen LogP contribution >= 0.6 is 11.8 Å². The number of hydrogen-bond acceptors (Lipinski definition) is 5. The van der Waals surface area contributed by atoms with Gasteiger partial charge in [0.05, 0.1) is 12.4 Å². The summed E-state index contributed by atoms with van der Waals surface area (Å²) in [4.78, 5) is 0.905. The van der Waals surface area contributed by atoms with Gasteiger partial charge in [0.15, 0.2) is 0 Å². The predicted molar refractivity (Wildman–Crippen MR) is 82.2 cm³/mol. The molecular weight excluding hydrogens is 296 g/mol. The molecule has 1 aromatic carbocycles. The van der Waals surface area contributed by atoms with Gasteiger partial charge in [-0.15, -0.1) is 11.8 Å². The first-order valence-electron chi connectivity index (χ1n) is 6.62. The van der Waals surface area contributed by atoms with E-state index in [1.54, 1.807) is 6.07 Å². The van der Waals surface area contributed by atoms with Crippen molar-refractivity contribution in [2.24, 2.45) is 0 Å². The third-order valence-electron chi connectivity index (χ3n) is 3.15. The zero-order valence-corrected chi connectivity index (χ0v) is 12.9. The van der Waals surface area contributed by atoms with E-state index in [1.165, 1.54) is 16.1 Å². The summed E-state index contributed by atoms with van der Waals surface area (Å²) in [5.41, 5.74) is 6.49. The third-order valence-corrected chi connectivity index (χ3v) is 6.41. The Bertz CT molecular complexity index is 544. The number of thioether (sulfide) groups is 1. The van der Waals surface area contributed by atoms with Gasteiger partial charge in [-0.1, -0.05) is 12.1 Å². The molecule has 7 heteroatoms. The van der Waals surface area contributed by atoms with Gasteiger partial charge in [0.25, 0.3) is 0 Å². The van der Waals surface area contributed by atoms with Crippen LogP contribution in [0, 0.1) is 0 Å². The number of nitrogens with zero attached hydrogens (tertiary/aromatic N) is 1. The van der Waals surface area contributed by atoms with Gasteiger partial charge in [-0.05, 0) is 25.0 Å². The Morgan fingerprint density at radius 1 is 1.35 bits per heavy atom. The molecule has 0 heterocycles. The normalized spacial score (nSPS) is 15.7. The van der Waals surface area contributed by atoms with Crippen molar-refractivity contribution in [3.05, 3.63) is 24.3 Å². The van der Waals surface area contributed by atoms with E-state index in [0.29, 0.717) is 11.4 Å². The molecule has 1 aromatic rings. The number of hydrogen-bond donors (Lipinski definition) is 2. The van der Waals surface area contributed by atoms with E-state index in [1.807, 2.05) is 18.2 Å². The summed E-state index contributed by atoms with van der Waals surface area (Å²) < 4.78 is 25.9. The topological polar surface area (TPSA) is 83.6 Å². The molecule has 1 saturated carbocycles. The summed E-state index contributed by atoms with van der Waals surface area (Å²) in [7, 11) is -3.29. The summed E-state index contributed by atoms with van der Waals surface area (Å²) in [5.74, 6) is 0.535. The molecule has 0 bridgehead atoms. The number of rotatable bonds is 8. The van der Waals surface area contributed by atoms with E-state index in [0.717, 1.165) is 17.7 Å². The van der Waals surface area contributed by atoms with Crippen molar-refractivity contribution in [2.45, 2.75) is 23.8 Å². The van der Waals surface area contributed by atoms with Gasteiger partial charge in [0.2, 0.25) is 10.0 Å². The Morgan fingerprint density at radius 3 is 2.65 bits per heavy atom. The second-order valence-corrected chi connectivity index (χ2v) is 7.95. The second kappa shape index (κ2) is 6.80. The fraction of sp³-hybridized carbons (Fsp3) is 0.538. The molecule has 1 aliphatic carbocycles. The smallest absolute Gasteiger partial charge is 0.215 e. The van der Waals surface area contributed by atoms with Gasteiger partial charge >= 0.3 is 0 Å². The molecule has 112 valence electrons. The van der Waals surface area contributed by atoms with Crippen LogP contribution in [0.1, 0.15) is 12.8 Å². The molecule has 0 atom stereocenters. The van der Waals surface area contributed by atoms with Crippen molar-refractivity contribution in [1.82, 2.24) is 4.31 Å². The Hall–Kier alpha value is -0.760. The van der Waals surface area contributed by atoms with Gasteiger partial charge < -0.3 is 10.8 Å². The number of aliphatic hydroxyl groups is 1. The number of sulfonamides is 1. The van der Waals surface area contributed by atoms with Crippen molar-refractivity contribution in [3.63, 3.8) is 0 Å². The van der Waals surface area contributed by atoms with Crippen LogP contribution in [0.5, 0.6) is 0 Å². The molecule has 3 N–H and O–H groups in total. The van der Waals surface area contributed by atoms with Crippen LogP contribution in [0.3, 0.4) is 0 Å².